The molecule has 1 aromatic carbocycles. The Hall–Kier alpha value is -1.61. The average Bonchev–Trinajstić information content (AvgIpc) is 3.24. The van der Waals surface area contributed by atoms with E-state index in [1.165, 1.54) is 4.88 Å². The lowest BCUT2D eigenvalue weighted by Gasteiger charge is -2.15. The second-order valence-electron chi connectivity index (χ2n) is 6.27. The Morgan fingerprint density at radius 2 is 2.04 bits per heavy atom. The number of hydrogen-bond acceptors (Lipinski definition) is 3. The van der Waals surface area contributed by atoms with E-state index in [9.17, 15) is 0 Å². The third-order valence-electron chi connectivity index (χ3n) is 4.27. The van der Waals surface area contributed by atoms with E-state index in [0.717, 1.165) is 35.8 Å². The minimum Gasteiger partial charge on any atom is -0.356 e. The highest BCUT2D eigenvalue weighted by Gasteiger charge is 2.09. The number of halogens is 1. The van der Waals surface area contributed by atoms with E-state index in [2.05, 4.69) is 55.7 Å². The van der Waals surface area contributed by atoms with Crippen LogP contribution >= 0.6 is 35.3 Å². The summed E-state index contributed by atoms with van der Waals surface area (Å²) in [6.07, 6.45) is 1.09. The molecule has 3 rings (SSSR count). The highest BCUT2D eigenvalue weighted by atomic mass is 127. The molecule has 0 aliphatic carbocycles. The molecule has 0 saturated heterocycles. The van der Waals surface area contributed by atoms with Gasteiger partial charge >= 0.3 is 0 Å². The molecule has 0 saturated carbocycles. The van der Waals surface area contributed by atoms with Crippen molar-refractivity contribution in [3.63, 3.8) is 0 Å². The van der Waals surface area contributed by atoms with Crippen molar-refractivity contribution >= 4 is 52.3 Å². The van der Waals surface area contributed by atoms with Gasteiger partial charge in [-0.3, -0.25) is 4.99 Å². The minimum absolute atomic E-state index is 0. The van der Waals surface area contributed by atoms with Gasteiger partial charge in [-0.05, 0) is 35.9 Å². The second kappa shape index (κ2) is 9.91. The number of nitrogens with zero attached hydrogens (tertiary/aromatic N) is 3. The number of aliphatic imine (C=N–C) groups is 1. The molecule has 5 nitrogen and oxygen atoms in total. The molecular formula is C19H26IN5S. The van der Waals surface area contributed by atoms with Crippen molar-refractivity contribution in [3.05, 3.63) is 52.5 Å². The molecule has 2 N–H and O–H groups in total. The van der Waals surface area contributed by atoms with Crippen LogP contribution in [0, 0.1) is 5.92 Å². The zero-order valence-electron chi connectivity index (χ0n) is 15.4. The maximum absolute atomic E-state index is 4.68. The van der Waals surface area contributed by atoms with Crippen LogP contribution in [0.3, 0.4) is 0 Å². The van der Waals surface area contributed by atoms with Crippen LogP contribution in [0.2, 0.25) is 0 Å². The lowest BCUT2D eigenvalue weighted by Crippen LogP contribution is -2.39. The number of guanidine groups is 1. The van der Waals surface area contributed by atoms with Crippen molar-refractivity contribution in [2.75, 3.05) is 13.6 Å². The summed E-state index contributed by atoms with van der Waals surface area (Å²) in [4.78, 5) is 10.4. The Kier molecular flexibility index (Phi) is 7.89. The Morgan fingerprint density at radius 1 is 1.23 bits per heavy atom. The van der Waals surface area contributed by atoms with E-state index < -0.39 is 0 Å². The fourth-order valence-corrected chi connectivity index (χ4v) is 3.72. The molecule has 3 aromatic rings. The molecule has 26 heavy (non-hydrogen) atoms. The quantitative estimate of drug-likeness (QED) is 0.319. The van der Waals surface area contributed by atoms with Crippen molar-refractivity contribution in [3.8, 4) is 0 Å². The van der Waals surface area contributed by atoms with Crippen LogP contribution in [-0.2, 0) is 20.0 Å². The van der Waals surface area contributed by atoms with Gasteiger partial charge < -0.3 is 15.2 Å². The predicted octanol–water partition coefficient (Wildman–Crippen LogP) is 3.80. The third-order valence-corrected chi connectivity index (χ3v) is 5.16. The van der Waals surface area contributed by atoms with Crippen molar-refractivity contribution < 1.29 is 0 Å². The van der Waals surface area contributed by atoms with Crippen LogP contribution in [0.5, 0.6) is 0 Å². The van der Waals surface area contributed by atoms with Gasteiger partial charge in [0.2, 0.25) is 0 Å². The first-order chi connectivity index (χ1) is 12.2. The first-order valence-corrected chi connectivity index (χ1v) is 9.42. The van der Waals surface area contributed by atoms with Gasteiger partial charge in [-0.1, -0.05) is 25.1 Å². The molecule has 0 bridgehead atoms. The van der Waals surface area contributed by atoms with E-state index in [4.69, 9.17) is 0 Å². The topological polar surface area (TPSA) is 54.2 Å². The summed E-state index contributed by atoms with van der Waals surface area (Å²) < 4.78 is 2.12. The number of benzene rings is 1. The number of thiophene rings is 1. The molecule has 1 atom stereocenters. The Bertz CT molecular complexity index is 841. The van der Waals surface area contributed by atoms with E-state index in [1.807, 2.05) is 36.6 Å². The second-order valence-corrected chi connectivity index (χ2v) is 7.30. The summed E-state index contributed by atoms with van der Waals surface area (Å²) in [5, 5.41) is 8.90. The normalized spacial score (nSPS) is 12.7. The highest BCUT2D eigenvalue weighted by Crippen LogP contribution is 2.14. The molecule has 0 radical (unpaired) electrons. The van der Waals surface area contributed by atoms with E-state index in [-0.39, 0.29) is 24.0 Å². The van der Waals surface area contributed by atoms with Crippen LogP contribution in [-0.4, -0.2) is 29.1 Å². The molecule has 2 heterocycles. The molecule has 2 aromatic heterocycles. The van der Waals surface area contributed by atoms with Gasteiger partial charge in [0.15, 0.2) is 5.96 Å². The molecule has 0 amide bonds. The molecular weight excluding hydrogens is 457 g/mol. The first kappa shape index (κ1) is 20.7. The van der Waals surface area contributed by atoms with Gasteiger partial charge in [-0.25, -0.2) is 4.98 Å². The summed E-state index contributed by atoms with van der Waals surface area (Å²) in [5.74, 6) is 2.36. The summed E-state index contributed by atoms with van der Waals surface area (Å²) >= 11 is 1.82. The highest BCUT2D eigenvalue weighted by molar-refractivity contribution is 14.0. The van der Waals surface area contributed by atoms with Crippen molar-refractivity contribution in [2.24, 2.45) is 18.0 Å². The van der Waals surface area contributed by atoms with Gasteiger partial charge in [0.05, 0.1) is 17.6 Å². The smallest absolute Gasteiger partial charge is 0.191 e. The van der Waals surface area contributed by atoms with Crippen molar-refractivity contribution in [1.29, 1.82) is 0 Å². The fraction of sp³-hybridized carbons (Fsp3) is 0.368. The van der Waals surface area contributed by atoms with Gasteiger partial charge in [0, 0.05) is 25.5 Å². The third kappa shape index (κ3) is 5.20. The summed E-state index contributed by atoms with van der Waals surface area (Å²) in [5.41, 5.74) is 2.17. The van der Waals surface area contributed by atoms with Gasteiger partial charge in [0.1, 0.15) is 5.82 Å². The molecule has 0 aliphatic heterocycles. The Labute approximate surface area is 176 Å². The van der Waals surface area contributed by atoms with Crippen LogP contribution in [0.25, 0.3) is 11.0 Å². The van der Waals surface area contributed by atoms with Gasteiger partial charge in [-0.2, -0.15) is 0 Å². The van der Waals surface area contributed by atoms with Crippen LogP contribution < -0.4 is 10.6 Å². The van der Waals surface area contributed by atoms with Crippen LogP contribution in [0.15, 0.2) is 46.8 Å². The largest absolute Gasteiger partial charge is 0.356 e. The summed E-state index contributed by atoms with van der Waals surface area (Å²) in [6, 6.07) is 12.5. The SMILES string of the molecule is CN=C(NCc1nc2ccccc2n1C)NCC(C)Cc1cccs1.I. The zero-order chi connectivity index (χ0) is 17.6. The minimum atomic E-state index is 0. The van der Waals surface area contributed by atoms with Crippen LogP contribution in [0.1, 0.15) is 17.6 Å². The molecule has 1 unspecified atom stereocenters. The lowest BCUT2D eigenvalue weighted by molar-refractivity contribution is 0.561. The maximum Gasteiger partial charge on any atom is 0.191 e. The summed E-state index contributed by atoms with van der Waals surface area (Å²) in [7, 11) is 3.85. The number of aromatic nitrogens is 2. The van der Waals surface area contributed by atoms with Gasteiger partial charge in [0.25, 0.3) is 0 Å². The number of fused-ring (bicyclic) bond motifs is 1. The monoisotopic (exact) mass is 483 g/mol. The number of imidazole rings is 1. The predicted molar refractivity (Wildman–Crippen MR) is 122 cm³/mol. The van der Waals surface area contributed by atoms with Gasteiger partial charge in [-0.15, -0.1) is 35.3 Å². The Balaban J connectivity index is 0.00000243. The summed E-state index contributed by atoms with van der Waals surface area (Å²) in [6.45, 7) is 3.79. The van der Waals surface area contributed by atoms with E-state index >= 15 is 0 Å². The molecule has 140 valence electrons. The fourth-order valence-electron chi connectivity index (χ4n) is 2.85. The molecule has 7 heteroatoms. The standard InChI is InChI=1S/C19H25N5S.HI/c1-14(11-15-7-6-10-25-15)12-21-19(20-2)22-13-18-23-16-8-4-5-9-17(16)24(18)3;/h4-10,14H,11-13H2,1-3H3,(H2,20,21,22);1H. The number of rotatable bonds is 6. The van der Waals surface area contributed by atoms with E-state index in [0.29, 0.717) is 12.5 Å². The first-order valence-electron chi connectivity index (χ1n) is 8.54. The molecule has 0 fully saturated rings. The molecule has 0 aliphatic rings. The van der Waals surface area contributed by atoms with Crippen molar-refractivity contribution in [2.45, 2.75) is 19.9 Å². The zero-order valence-corrected chi connectivity index (χ0v) is 18.5. The van der Waals surface area contributed by atoms with Crippen LogP contribution in [0.4, 0.5) is 0 Å². The number of hydrogen-bond donors (Lipinski definition) is 2. The lowest BCUT2D eigenvalue weighted by atomic mass is 10.1. The number of aryl methyl sites for hydroxylation is 1. The average molecular weight is 483 g/mol. The van der Waals surface area contributed by atoms with Crippen molar-refractivity contribution in [1.82, 2.24) is 20.2 Å². The van der Waals surface area contributed by atoms with E-state index in [1.54, 1.807) is 7.05 Å². The Morgan fingerprint density at radius 3 is 2.73 bits per heavy atom. The maximum atomic E-state index is 4.68. The number of para-hydroxylation sites is 2. The molecule has 0 spiro atoms. The number of nitrogens with one attached hydrogen (secondary N) is 2.